The lowest BCUT2D eigenvalue weighted by molar-refractivity contribution is -0.130. The van der Waals surface area contributed by atoms with E-state index in [0.717, 1.165) is 18.4 Å². The van der Waals surface area contributed by atoms with Crippen molar-refractivity contribution in [2.75, 3.05) is 26.3 Å². The number of likely N-dealkylation sites (tertiary alicyclic amines) is 1. The molecule has 2 fully saturated rings. The predicted molar refractivity (Wildman–Crippen MR) is 88.6 cm³/mol. The Morgan fingerprint density at radius 1 is 1.33 bits per heavy atom. The highest BCUT2D eigenvalue weighted by Gasteiger charge is 2.52. The molecule has 0 aromatic carbocycles. The summed E-state index contributed by atoms with van der Waals surface area (Å²) >= 11 is 0. The zero-order valence-corrected chi connectivity index (χ0v) is 14.6. The number of carbonyl (C=O) groups excluding carboxylic acids is 2. The molecule has 0 saturated carbocycles. The van der Waals surface area contributed by atoms with Crippen LogP contribution < -0.4 is 5.32 Å². The normalized spacial score (nSPS) is 23.0. The first kappa shape index (κ1) is 17.0. The summed E-state index contributed by atoms with van der Waals surface area (Å²) < 4.78 is 10.9. The summed E-state index contributed by atoms with van der Waals surface area (Å²) in [6.45, 7) is 8.10. The average Bonchev–Trinajstić information content (AvgIpc) is 3.11. The Hall–Kier alpha value is -1.82. The highest BCUT2D eigenvalue weighted by atomic mass is 16.5. The second-order valence-electron chi connectivity index (χ2n) is 7.31. The Morgan fingerprint density at radius 3 is 2.62 bits per heavy atom. The van der Waals surface area contributed by atoms with E-state index in [2.05, 4.69) is 5.32 Å². The van der Waals surface area contributed by atoms with Crippen LogP contribution in [0.25, 0.3) is 0 Å². The molecule has 2 aliphatic heterocycles. The fraction of sp³-hybridized carbons (Fsp3) is 0.667. The lowest BCUT2D eigenvalue weighted by Crippen LogP contribution is -2.46. The number of hydrogen-bond donors (Lipinski definition) is 1. The van der Waals surface area contributed by atoms with E-state index in [0.29, 0.717) is 32.1 Å². The first-order chi connectivity index (χ1) is 11.4. The van der Waals surface area contributed by atoms with Crippen molar-refractivity contribution >= 4 is 11.8 Å². The highest BCUT2D eigenvalue weighted by molar-refractivity contribution is 5.94. The molecule has 0 radical (unpaired) electrons. The molecule has 1 unspecified atom stereocenters. The summed E-state index contributed by atoms with van der Waals surface area (Å²) in [5.74, 6) is 0.103. The molecule has 2 saturated heterocycles. The minimum Gasteiger partial charge on any atom is -0.459 e. The Kier molecular flexibility index (Phi) is 4.67. The molecule has 2 amide bonds. The molecule has 1 N–H and O–H groups in total. The summed E-state index contributed by atoms with van der Waals surface area (Å²) in [6, 6.07) is 1.88. The van der Waals surface area contributed by atoms with Crippen molar-refractivity contribution in [3.8, 4) is 0 Å². The van der Waals surface area contributed by atoms with Crippen LogP contribution in [-0.4, -0.2) is 49.1 Å². The molecule has 6 heteroatoms. The van der Waals surface area contributed by atoms with Crippen LogP contribution in [0.1, 0.15) is 42.8 Å². The number of aryl methyl sites for hydroxylation is 1. The maximum Gasteiger partial charge on any atom is 0.289 e. The first-order valence-electron chi connectivity index (χ1n) is 8.64. The molecular formula is C18H26N2O4. The van der Waals surface area contributed by atoms with Crippen molar-refractivity contribution in [1.82, 2.24) is 10.2 Å². The fourth-order valence-electron chi connectivity index (χ4n) is 3.89. The molecule has 1 aromatic heterocycles. The van der Waals surface area contributed by atoms with Crippen molar-refractivity contribution in [3.05, 3.63) is 23.7 Å². The van der Waals surface area contributed by atoms with Gasteiger partial charge in [-0.05, 0) is 39.7 Å². The van der Waals surface area contributed by atoms with Gasteiger partial charge in [0.05, 0.1) is 12.2 Å². The molecule has 132 valence electrons. The minimum atomic E-state index is -0.192. The fourth-order valence-corrected chi connectivity index (χ4v) is 3.89. The van der Waals surface area contributed by atoms with E-state index in [1.807, 2.05) is 20.8 Å². The van der Waals surface area contributed by atoms with Crippen LogP contribution in [0.2, 0.25) is 0 Å². The second-order valence-corrected chi connectivity index (χ2v) is 7.31. The number of amides is 2. The van der Waals surface area contributed by atoms with Gasteiger partial charge >= 0.3 is 0 Å². The molecule has 2 aliphatic rings. The molecular weight excluding hydrogens is 308 g/mol. The van der Waals surface area contributed by atoms with Gasteiger partial charge in [-0.1, -0.05) is 0 Å². The van der Waals surface area contributed by atoms with E-state index < -0.39 is 0 Å². The van der Waals surface area contributed by atoms with Crippen molar-refractivity contribution in [2.24, 2.45) is 11.3 Å². The van der Waals surface area contributed by atoms with Gasteiger partial charge in [0.1, 0.15) is 0 Å². The van der Waals surface area contributed by atoms with Gasteiger partial charge in [0, 0.05) is 43.3 Å². The summed E-state index contributed by atoms with van der Waals surface area (Å²) in [4.78, 5) is 27.3. The van der Waals surface area contributed by atoms with Crippen LogP contribution in [0.15, 0.2) is 16.7 Å². The summed E-state index contributed by atoms with van der Waals surface area (Å²) in [5.41, 5.74) is 0.643. The number of hydrogen-bond acceptors (Lipinski definition) is 4. The lowest BCUT2D eigenvalue weighted by atomic mass is 9.71. The number of furan rings is 1. The summed E-state index contributed by atoms with van der Waals surface area (Å²) in [6.07, 6.45) is 3.15. The van der Waals surface area contributed by atoms with Crippen LogP contribution in [0.3, 0.4) is 0 Å². The Morgan fingerprint density at radius 2 is 2.04 bits per heavy atom. The van der Waals surface area contributed by atoms with Gasteiger partial charge in [-0.15, -0.1) is 0 Å². The molecule has 0 aliphatic carbocycles. The second kappa shape index (κ2) is 6.59. The third kappa shape index (κ3) is 3.07. The van der Waals surface area contributed by atoms with Crippen LogP contribution in [0, 0.1) is 18.3 Å². The van der Waals surface area contributed by atoms with Crippen molar-refractivity contribution in [3.63, 3.8) is 0 Å². The van der Waals surface area contributed by atoms with Crippen LogP contribution in [-0.2, 0) is 9.53 Å². The van der Waals surface area contributed by atoms with Gasteiger partial charge in [0.15, 0.2) is 5.76 Å². The largest absolute Gasteiger partial charge is 0.459 e. The van der Waals surface area contributed by atoms with Gasteiger partial charge in [-0.2, -0.15) is 0 Å². The maximum absolute atomic E-state index is 12.8. The summed E-state index contributed by atoms with van der Waals surface area (Å²) in [5, 5.41) is 3.02. The maximum atomic E-state index is 12.8. The first-order valence-corrected chi connectivity index (χ1v) is 8.64. The standard InChI is InChI=1S/C18H26N2O4/c1-12(2)19-16(21)14-10-20(11-18(14)5-8-23-9-6-18)17(22)15-13(3)4-7-24-15/h4,7,12,14H,5-6,8-11H2,1-3H3,(H,19,21). The monoisotopic (exact) mass is 334 g/mol. The quantitative estimate of drug-likeness (QED) is 0.917. The number of carbonyl (C=O) groups is 2. The molecule has 24 heavy (non-hydrogen) atoms. The van der Waals surface area contributed by atoms with E-state index in [9.17, 15) is 9.59 Å². The molecule has 1 atom stereocenters. The van der Waals surface area contributed by atoms with Gasteiger partial charge in [-0.3, -0.25) is 9.59 Å². The number of ether oxygens (including phenoxy) is 1. The van der Waals surface area contributed by atoms with E-state index in [1.54, 1.807) is 11.0 Å². The molecule has 1 aromatic rings. The van der Waals surface area contributed by atoms with E-state index in [-0.39, 0.29) is 29.2 Å². The van der Waals surface area contributed by atoms with Gasteiger partial charge in [0.25, 0.3) is 5.91 Å². The van der Waals surface area contributed by atoms with Gasteiger partial charge < -0.3 is 19.4 Å². The van der Waals surface area contributed by atoms with Crippen LogP contribution in [0.5, 0.6) is 0 Å². The zero-order chi connectivity index (χ0) is 17.3. The van der Waals surface area contributed by atoms with E-state index >= 15 is 0 Å². The smallest absolute Gasteiger partial charge is 0.289 e. The predicted octanol–water partition coefficient (Wildman–Crippen LogP) is 1.98. The molecule has 3 heterocycles. The van der Waals surface area contributed by atoms with Crippen molar-refractivity contribution in [2.45, 2.75) is 39.7 Å². The molecule has 6 nitrogen and oxygen atoms in total. The van der Waals surface area contributed by atoms with Gasteiger partial charge in [0.2, 0.25) is 5.91 Å². The Bertz CT molecular complexity index is 616. The lowest BCUT2D eigenvalue weighted by Gasteiger charge is -2.37. The third-order valence-electron chi connectivity index (χ3n) is 5.23. The Labute approximate surface area is 142 Å². The summed E-state index contributed by atoms with van der Waals surface area (Å²) in [7, 11) is 0. The molecule has 0 bridgehead atoms. The minimum absolute atomic E-state index is 0.0402. The van der Waals surface area contributed by atoms with Crippen LogP contribution in [0.4, 0.5) is 0 Å². The molecule has 3 rings (SSSR count). The van der Waals surface area contributed by atoms with Crippen molar-refractivity contribution < 1.29 is 18.7 Å². The topological polar surface area (TPSA) is 71.8 Å². The van der Waals surface area contributed by atoms with E-state index in [1.165, 1.54) is 6.26 Å². The average molecular weight is 334 g/mol. The number of rotatable bonds is 3. The Balaban J connectivity index is 1.83. The molecule has 1 spiro atoms. The zero-order valence-electron chi connectivity index (χ0n) is 14.6. The number of nitrogens with one attached hydrogen (secondary N) is 1. The number of nitrogens with zero attached hydrogens (tertiary/aromatic N) is 1. The van der Waals surface area contributed by atoms with Crippen LogP contribution >= 0.6 is 0 Å². The third-order valence-corrected chi connectivity index (χ3v) is 5.23. The highest BCUT2D eigenvalue weighted by Crippen LogP contribution is 2.45. The SMILES string of the molecule is Cc1ccoc1C(=O)N1CC(C(=O)NC(C)C)C2(CCOCC2)C1. The van der Waals surface area contributed by atoms with E-state index in [4.69, 9.17) is 9.15 Å². The van der Waals surface area contributed by atoms with Crippen molar-refractivity contribution in [1.29, 1.82) is 0 Å². The van der Waals surface area contributed by atoms with Gasteiger partial charge in [-0.25, -0.2) is 0 Å².